The SMILES string of the molecule is CC(=O)N1CCc2cc(Nc3ccc([N+](=O)[O-])cc3C#N)ccc21. The van der Waals surface area contributed by atoms with Gasteiger partial charge in [0, 0.05) is 37.0 Å². The Kier molecular flexibility index (Phi) is 3.88. The Hall–Kier alpha value is -3.40. The highest BCUT2D eigenvalue weighted by Gasteiger charge is 2.22. The number of hydrogen-bond acceptors (Lipinski definition) is 5. The molecule has 0 aliphatic carbocycles. The molecule has 7 nitrogen and oxygen atoms in total. The number of fused-ring (bicyclic) bond motifs is 1. The van der Waals surface area contributed by atoms with E-state index in [1.54, 1.807) is 4.90 Å². The summed E-state index contributed by atoms with van der Waals surface area (Å²) in [4.78, 5) is 23.6. The molecule has 0 unspecified atom stereocenters. The van der Waals surface area contributed by atoms with Crippen molar-refractivity contribution in [2.24, 2.45) is 0 Å². The normalized spacial score (nSPS) is 12.4. The van der Waals surface area contributed by atoms with Gasteiger partial charge < -0.3 is 10.2 Å². The molecule has 1 amide bonds. The lowest BCUT2D eigenvalue weighted by molar-refractivity contribution is -0.384. The number of nitro benzene ring substituents is 1. The van der Waals surface area contributed by atoms with E-state index in [0.29, 0.717) is 12.2 Å². The van der Waals surface area contributed by atoms with Gasteiger partial charge in [-0.05, 0) is 36.2 Å². The summed E-state index contributed by atoms with van der Waals surface area (Å²) in [6.07, 6.45) is 0.774. The predicted octanol–water partition coefficient (Wildman–Crippen LogP) is 3.12. The molecule has 0 saturated heterocycles. The fourth-order valence-electron chi connectivity index (χ4n) is 2.81. The van der Waals surface area contributed by atoms with Crippen LogP contribution in [0.1, 0.15) is 18.1 Å². The summed E-state index contributed by atoms with van der Waals surface area (Å²) in [5.74, 6) is 0.0107. The Morgan fingerprint density at radius 2 is 2.12 bits per heavy atom. The molecule has 1 aliphatic rings. The van der Waals surface area contributed by atoms with Crippen molar-refractivity contribution in [1.29, 1.82) is 5.26 Å². The average Bonchev–Trinajstić information content (AvgIpc) is 2.98. The third-order valence-corrected chi connectivity index (χ3v) is 3.97. The molecule has 24 heavy (non-hydrogen) atoms. The largest absolute Gasteiger partial charge is 0.354 e. The molecule has 1 heterocycles. The van der Waals surface area contributed by atoms with Crippen LogP contribution in [-0.2, 0) is 11.2 Å². The Labute approximate surface area is 138 Å². The summed E-state index contributed by atoms with van der Waals surface area (Å²) in [6.45, 7) is 2.20. The second kappa shape index (κ2) is 6.01. The van der Waals surface area contributed by atoms with E-state index in [-0.39, 0.29) is 17.2 Å². The van der Waals surface area contributed by atoms with Gasteiger partial charge >= 0.3 is 0 Å². The van der Waals surface area contributed by atoms with Crippen molar-refractivity contribution >= 4 is 28.7 Å². The van der Waals surface area contributed by atoms with Crippen LogP contribution in [0.4, 0.5) is 22.7 Å². The number of hydrogen-bond donors (Lipinski definition) is 1. The van der Waals surface area contributed by atoms with E-state index in [0.717, 1.165) is 23.4 Å². The molecule has 0 bridgehead atoms. The van der Waals surface area contributed by atoms with E-state index < -0.39 is 4.92 Å². The summed E-state index contributed by atoms with van der Waals surface area (Å²) in [7, 11) is 0. The third kappa shape index (κ3) is 2.77. The minimum Gasteiger partial charge on any atom is -0.354 e. The van der Waals surface area contributed by atoms with E-state index in [1.807, 2.05) is 24.3 Å². The summed E-state index contributed by atoms with van der Waals surface area (Å²) >= 11 is 0. The van der Waals surface area contributed by atoms with Gasteiger partial charge in [0.25, 0.3) is 5.69 Å². The minimum absolute atomic E-state index is 0.0107. The van der Waals surface area contributed by atoms with Crippen LogP contribution in [0.25, 0.3) is 0 Å². The smallest absolute Gasteiger partial charge is 0.270 e. The maximum Gasteiger partial charge on any atom is 0.270 e. The van der Waals surface area contributed by atoms with E-state index in [1.165, 1.54) is 25.1 Å². The topological polar surface area (TPSA) is 99.3 Å². The van der Waals surface area contributed by atoms with Crippen molar-refractivity contribution in [3.8, 4) is 6.07 Å². The summed E-state index contributed by atoms with van der Waals surface area (Å²) in [6, 6.07) is 11.7. The molecule has 0 atom stereocenters. The molecular formula is C17H14N4O3. The lowest BCUT2D eigenvalue weighted by atomic mass is 10.1. The van der Waals surface area contributed by atoms with E-state index in [4.69, 9.17) is 0 Å². The van der Waals surface area contributed by atoms with E-state index in [9.17, 15) is 20.2 Å². The highest BCUT2D eigenvalue weighted by Crippen LogP contribution is 2.32. The van der Waals surface area contributed by atoms with Crippen molar-refractivity contribution in [3.63, 3.8) is 0 Å². The summed E-state index contributed by atoms with van der Waals surface area (Å²) in [5, 5.41) is 23.1. The van der Waals surface area contributed by atoms with E-state index >= 15 is 0 Å². The second-order valence-corrected chi connectivity index (χ2v) is 5.49. The van der Waals surface area contributed by atoms with Crippen molar-refractivity contribution in [2.75, 3.05) is 16.8 Å². The Morgan fingerprint density at radius 3 is 2.79 bits per heavy atom. The van der Waals surface area contributed by atoms with Gasteiger partial charge in [-0.25, -0.2) is 0 Å². The van der Waals surface area contributed by atoms with Crippen molar-refractivity contribution in [1.82, 2.24) is 0 Å². The van der Waals surface area contributed by atoms with Crippen LogP contribution in [0.3, 0.4) is 0 Å². The van der Waals surface area contributed by atoms with Crippen LogP contribution >= 0.6 is 0 Å². The van der Waals surface area contributed by atoms with Gasteiger partial charge in [-0.3, -0.25) is 14.9 Å². The predicted molar refractivity (Wildman–Crippen MR) is 89.3 cm³/mol. The first kappa shape index (κ1) is 15.5. The first-order valence-corrected chi connectivity index (χ1v) is 7.36. The van der Waals surface area contributed by atoms with Gasteiger partial charge in [-0.1, -0.05) is 0 Å². The van der Waals surface area contributed by atoms with Crippen molar-refractivity contribution in [2.45, 2.75) is 13.3 Å². The molecule has 2 aromatic rings. The number of nitro groups is 1. The van der Waals surface area contributed by atoms with Gasteiger partial charge in [0.1, 0.15) is 6.07 Å². The molecule has 7 heteroatoms. The first-order chi connectivity index (χ1) is 11.5. The average molecular weight is 322 g/mol. The lowest BCUT2D eigenvalue weighted by Crippen LogP contribution is -2.25. The number of rotatable bonds is 3. The first-order valence-electron chi connectivity index (χ1n) is 7.36. The number of nitrogens with zero attached hydrogens (tertiary/aromatic N) is 3. The molecule has 0 spiro atoms. The highest BCUT2D eigenvalue weighted by atomic mass is 16.6. The van der Waals surface area contributed by atoms with Gasteiger partial charge in [0.05, 0.1) is 16.2 Å². The van der Waals surface area contributed by atoms with Crippen LogP contribution in [0.5, 0.6) is 0 Å². The number of carbonyl (C=O) groups excluding carboxylic acids is 1. The van der Waals surface area contributed by atoms with Crippen LogP contribution in [0, 0.1) is 21.4 Å². The molecule has 0 aromatic heterocycles. The molecular weight excluding hydrogens is 308 g/mol. The van der Waals surface area contributed by atoms with Crippen molar-refractivity contribution in [3.05, 3.63) is 57.6 Å². The zero-order chi connectivity index (χ0) is 17.3. The lowest BCUT2D eigenvalue weighted by Gasteiger charge is -2.15. The molecule has 3 rings (SSSR count). The van der Waals surface area contributed by atoms with Crippen molar-refractivity contribution < 1.29 is 9.72 Å². The number of anilines is 3. The maximum atomic E-state index is 11.6. The Bertz CT molecular complexity index is 886. The van der Waals surface area contributed by atoms with Gasteiger partial charge in [-0.15, -0.1) is 0 Å². The number of benzene rings is 2. The van der Waals surface area contributed by atoms with Gasteiger partial charge in [0.15, 0.2) is 0 Å². The number of non-ortho nitro benzene ring substituents is 1. The molecule has 2 aromatic carbocycles. The van der Waals surface area contributed by atoms with Crippen LogP contribution in [0.2, 0.25) is 0 Å². The Balaban J connectivity index is 1.89. The number of nitriles is 1. The summed E-state index contributed by atoms with van der Waals surface area (Å²) < 4.78 is 0. The fraction of sp³-hybridized carbons (Fsp3) is 0.176. The quantitative estimate of drug-likeness (QED) is 0.691. The third-order valence-electron chi connectivity index (χ3n) is 3.97. The van der Waals surface area contributed by atoms with Crippen LogP contribution in [-0.4, -0.2) is 17.4 Å². The molecule has 1 N–H and O–H groups in total. The maximum absolute atomic E-state index is 11.6. The minimum atomic E-state index is -0.531. The van der Waals surface area contributed by atoms with E-state index in [2.05, 4.69) is 5.32 Å². The highest BCUT2D eigenvalue weighted by molar-refractivity contribution is 5.94. The fourth-order valence-corrected chi connectivity index (χ4v) is 2.81. The van der Waals surface area contributed by atoms with Crippen LogP contribution < -0.4 is 10.2 Å². The molecule has 0 fully saturated rings. The number of amides is 1. The second-order valence-electron chi connectivity index (χ2n) is 5.49. The van der Waals surface area contributed by atoms with Crippen LogP contribution in [0.15, 0.2) is 36.4 Å². The molecule has 1 aliphatic heterocycles. The zero-order valence-corrected chi connectivity index (χ0v) is 12.9. The monoisotopic (exact) mass is 322 g/mol. The van der Waals surface area contributed by atoms with Gasteiger partial charge in [-0.2, -0.15) is 5.26 Å². The molecule has 0 radical (unpaired) electrons. The number of nitrogens with one attached hydrogen (secondary N) is 1. The Morgan fingerprint density at radius 1 is 1.33 bits per heavy atom. The number of carbonyl (C=O) groups is 1. The standard InChI is InChI=1S/C17H14N4O3/c1-11(22)20-7-6-12-8-14(2-5-17(12)20)19-16-4-3-15(21(23)24)9-13(16)10-18/h2-5,8-9,19H,6-7H2,1H3. The zero-order valence-electron chi connectivity index (χ0n) is 12.9. The molecule has 120 valence electrons. The summed E-state index contributed by atoms with van der Waals surface area (Å²) in [5.41, 5.74) is 3.31. The molecule has 0 saturated carbocycles. The van der Waals surface area contributed by atoms with Gasteiger partial charge in [0.2, 0.25) is 5.91 Å².